The lowest BCUT2D eigenvalue weighted by atomic mass is 9.70. The van der Waals surface area contributed by atoms with Crippen LogP contribution in [0.4, 0.5) is 0 Å². The fourth-order valence-corrected chi connectivity index (χ4v) is 14.3. The third-order valence-electron chi connectivity index (χ3n) is 20.7. The number of benzene rings is 9. The zero-order valence-electron chi connectivity index (χ0n) is 72.9. The van der Waals surface area contributed by atoms with Gasteiger partial charge < -0.3 is 9.13 Å². The smallest absolute Gasteiger partial charge is 0.258 e. The van der Waals surface area contributed by atoms with Crippen molar-refractivity contribution in [3.63, 3.8) is 0 Å². The van der Waals surface area contributed by atoms with E-state index in [9.17, 15) is 4.79 Å². The predicted octanol–water partition coefficient (Wildman–Crippen LogP) is 28.9. The minimum atomic E-state index is -0.166. The van der Waals surface area contributed by atoms with Crippen LogP contribution in [-0.4, -0.2) is 24.1 Å². The Morgan fingerprint density at radius 2 is 0.786 bits per heavy atom. The second-order valence-electron chi connectivity index (χ2n) is 37.5. The molecule has 6 nitrogen and oxygen atoms in total. The Kier molecular flexibility index (Phi) is 28.8. The van der Waals surface area contributed by atoms with E-state index in [1.165, 1.54) is 111 Å². The molecule has 5 heterocycles. The van der Waals surface area contributed by atoms with E-state index in [2.05, 4.69) is 362 Å². The number of hydrogen-bond acceptors (Lipinski definition) is 4. The van der Waals surface area contributed by atoms with Crippen LogP contribution in [0.5, 0.6) is 0 Å². The second kappa shape index (κ2) is 36.9. The van der Waals surface area contributed by atoms with E-state index in [0.29, 0.717) is 11.3 Å². The van der Waals surface area contributed by atoms with Crippen LogP contribution in [0.25, 0.3) is 71.6 Å². The summed E-state index contributed by atoms with van der Waals surface area (Å²) in [6.07, 6.45) is 12.9. The molecule has 1 aliphatic carbocycles. The summed E-state index contributed by atoms with van der Waals surface area (Å²) in [7, 11) is 0. The van der Waals surface area contributed by atoms with Crippen molar-refractivity contribution in [3.05, 3.63) is 345 Å². The summed E-state index contributed by atoms with van der Waals surface area (Å²) in [5.41, 5.74) is 21.3. The second-order valence-corrected chi connectivity index (χ2v) is 37.5. The Labute approximate surface area is 673 Å². The molecule has 1 unspecified atom stereocenters. The average Bonchev–Trinajstić information content (AvgIpc) is 1.24. The van der Waals surface area contributed by atoms with Crippen LogP contribution in [-0.2, 0) is 39.2 Å². The number of fused-ring (bicyclic) bond motifs is 6. The number of pyridine rings is 4. The fourth-order valence-electron chi connectivity index (χ4n) is 14.3. The third kappa shape index (κ3) is 24.1. The van der Waals surface area contributed by atoms with Crippen molar-refractivity contribution in [3.8, 4) is 11.4 Å². The molecule has 0 fully saturated rings. The Bertz CT molecular complexity index is 5450. The van der Waals surface area contributed by atoms with Gasteiger partial charge in [0.15, 0.2) is 0 Å². The van der Waals surface area contributed by atoms with Crippen molar-refractivity contribution in [1.82, 2.24) is 24.1 Å². The summed E-state index contributed by atoms with van der Waals surface area (Å²) >= 11 is 0. The molecule has 0 amide bonds. The molecule has 112 heavy (non-hydrogen) atoms. The van der Waals surface area contributed by atoms with Gasteiger partial charge in [0.2, 0.25) is 0 Å². The first kappa shape index (κ1) is 87.3. The SMILES string of the molecule is CC(C)(C)c1ccc2ccccc2c1.CC(C)(C)n1ccc2ccccc2c1=O.CC(C)(C)n1ccc2cccnc21.CC1=Cc2ccccc2CC1C(C)(C)C.Cc1cc(C(C)(C)C)c(C)c2ccccc12.Cc1cc(C(C)(C)C)cc2ccccc12.Cc1cc(C)cc(C(C)(C)C)c1.c1ccc(-c2ccccn2)nc1. The molecule has 1 aliphatic rings. The summed E-state index contributed by atoms with van der Waals surface area (Å²) in [6.45, 7) is 60.0. The molecule has 6 heteroatoms. The van der Waals surface area contributed by atoms with E-state index in [1.807, 2.05) is 106 Å². The highest BCUT2D eigenvalue weighted by atomic mass is 16.1. The molecule has 9 aromatic carbocycles. The number of aryl methyl sites for hydroxylation is 5. The van der Waals surface area contributed by atoms with E-state index < -0.39 is 0 Å². The molecule has 0 bridgehead atoms. The molecule has 0 spiro atoms. The standard InChI is InChI=1S/C16H20.C15H18.C15H20.C14H16.C13H15NO.C12H18.C11H14N2.C10H8N2/c1-11-10-15(16(3,4)5)12(2)14-9-7-6-8-13(11)14;1-11-9-13(15(2,3)4)10-12-7-5-6-8-14(11)12;1-11-9-12-7-5-6-8-13(12)10-14(11)15(2,3)4;1-14(2,3)13-9-8-11-6-4-5-7-12(11)10-13;1-13(2,3)14-9-8-10-6-4-5-7-11(10)12(14)15;1-9-6-10(2)8-11(7-9)12(3,4)5;1-11(2,3)13-8-6-9-5-4-7-12-10(9)13;1-3-7-11-9(5-1)10-6-2-4-8-12-10/h6-10H,1-5H3;5-10H,1-4H3;5-9,14H,10H2,1-4H3;4-10H,1-3H3;4-9H,1-3H3;6-8H,1-5H3;4-8H,1-3H3;1-8H. The van der Waals surface area contributed by atoms with Gasteiger partial charge in [0.1, 0.15) is 5.65 Å². The van der Waals surface area contributed by atoms with Gasteiger partial charge in [-0.2, -0.15) is 0 Å². The minimum absolute atomic E-state index is 0.0839. The topological polar surface area (TPSA) is 65.6 Å². The molecule has 0 aliphatic heterocycles. The molecule has 14 aromatic rings. The van der Waals surface area contributed by atoms with Gasteiger partial charge >= 0.3 is 0 Å². The summed E-state index contributed by atoms with van der Waals surface area (Å²) < 4.78 is 3.97. The van der Waals surface area contributed by atoms with Crippen molar-refractivity contribution in [2.24, 2.45) is 11.3 Å². The molecule has 5 aromatic heterocycles. The summed E-state index contributed by atoms with van der Waals surface area (Å²) in [5, 5.41) is 11.1. The number of rotatable bonds is 1. The molecule has 1 atom stereocenters. The molecule has 0 saturated carbocycles. The van der Waals surface area contributed by atoms with E-state index in [4.69, 9.17) is 0 Å². The summed E-state index contributed by atoms with van der Waals surface area (Å²) in [5.74, 6) is 0.687. The van der Waals surface area contributed by atoms with Crippen molar-refractivity contribution in [2.75, 3.05) is 0 Å². The monoisotopic (exact) mass is 1490 g/mol. The third-order valence-corrected chi connectivity index (χ3v) is 20.7. The largest absolute Gasteiger partial charge is 0.327 e. The molecular weight excluding hydrogens is 1360 g/mol. The first-order valence-electron chi connectivity index (χ1n) is 40.1. The van der Waals surface area contributed by atoms with E-state index in [1.54, 1.807) is 17.0 Å². The van der Waals surface area contributed by atoms with Gasteiger partial charge in [-0.3, -0.25) is 14.8 Å². The van der Waals surface area contributed by atoms with Gasteiger partial charge in [0, 0.05) is 52.8 Å². The maximum absolute atomic E-state index is 12.1. The fraction of sp³-hybridized carbons (Fsp3) is 0.340. The zero-order chi connectivity index (χ0) is 82.3. The van der Waals surface area contributed by atoms with Gasteiger partial charge in [0.25, 0.3) is 5.56 Å². The molecular formula is C106H129N5O. The highest BCUT2D eigenvalue weighted by Crippen LogP contribution is 2.40. The minimum Gasteiger partial charge on any atom is -0.327 e. The van der Waals surface area contributed by atoms with E-state index in [-0.39, 0.29) is 38.3 Å². The summed E-state index contributed by atoms with van der Waals surface area (Å²) in [4.78, 5) is 24.9. The van der Waals surface area contributed by atoms with Crippen LogP contribution in [0.15, 0.2) is 278 Å². The summed E-state index contributed by atoms with van der Waals surface area (Å²) in [6, 6.07) is 82.4. The number of hydrogen-bond donors (Lipinski definition) is 0. The first-order valence-corrected chi connectivity index (χ1v) is 40.1. The molecule has 584 valence electrons. The molecule has 0 radical (unpaired) electrons. The van der Waals surface area contributed by atoms with Crippen molar-refractivity contribution < 1.29 is 0 Å². The predicted molar refractivity (Wildman–Crippen MR) is 489 cm³/mol. The maximum atomic E-state index is 12.1. The van der Waals surface area contributed by atoms with Gasteiger partial charge in [-0.1, -0.05) is 309 Å². The Morgan fingerprint density at radius 1 is 0.339 bits per heavy atom. The van der Waals surface area contributed by atoms with Gasteiger partial charge in [-0.25, -0.2) is 4.98 Å². The Balaban J connectivity index is 0.000000161. The van der Waals surface area contributed by atoms with E-state index >= 15 is 0 Å². The highest BCUT2D eigenvalue weighted by molar-refractivity contribution is 5.90. The van der Waals surface area contributed by atoms with Crippen LogP contribution in [0.2, 0.25) is 0 Å². The van der Waals surface area contributed by atoms with Crippen molar-refractivity contribution >= 4 is 60.2 Å². The molecule has 0 saturated heterocycles. The Morgan fingerprint density at radius 3 is 1.33 bits per heavy atom. The van der Waals surface area contributed by atoms with Crippen molar-refractivity contribution in [1.29, 1.82) is 0 Å². The van der Waals surface area contributed by atoms with Crippen LogP contribution >= 0.6 is 0 Å². The zero-order valence-corrected chi connectivity index (χ0v) is 72.9. The number of aromatic nitrogens is 5. The first-order chi connectivity index (χ1) is 52.4. The molecule has 15 rings (SSSR count). The Hall–Kier alpha value is -10.3. The number of allylic oxidation sites excluding steroid dienone is 1. The number of nitrogens with zero attached hydrogens (tertiary/aromatic N) is 5. The van der Waals surface area contributed by atoms with Crippen LogP contribution in [0, 0.1) is 46.0 Å². The lowest BCUT2D eigenvalue weighted by molar-refractivity contribution is 0.277. The quantitative estimate of drug-likeness (QED) is 0.164. The average molecular weight is 1490 g/mol. The van der Waals surface area contributed by atoms with Gasteiger partial charge in [-0.15, -0.1) is 0 Å². The van der Waals surface area contributed by atoms with E-state index in [0.717, 1.165) is 27.8 Å². The van der Waals surface area contributed by atoms with Crippen LogP contribution in [0.1, 0.15) is 214 Å². The normalized spacial score (nSPS) is 12.9. The van der Waals surface area contributed by atoms with Crippen LogP contribution < -0.4 is 5.56 Å². The van der Waals surface area contributed by atoms with Crippen LogP contribution in [0.3, 0.4) is 0 Å². The molecule has 0 N–H and O–H groups in total. The van der Waals surface area contributed by atoms with Gasteiger partial charge in [-0.05, 0) is 265 Å². The lowest BCUT2D eigenvalue weighted by Gasteiger charge is -2.35. The maximum Gasteiger partial charge on any atom is 0.258 e. The van der Waals surface area contributed by atoms with Crippen molar-refractivity contribution in [2.45, 2.75) is 226 Å². The lowest BCUT2D eigenvalue weighted by Crippen LogP contribution is -2.33. The highest BCUT2D eigenvalue weighted by Gasteiger charge is 2.29. The van der Waals surface area contributed by atoms with Gasteiger partial charge in [0.05, 0.1) is 11.4 Å².